The Labute approximate surface area is 47.6 Å². The lowest BCUT2D eigenvalue weighted by molar-refractivity contribution is 0.501. The van der Waals surface area contributed by atoms with Crippen molar-refractivity contribution in [3.63, 3.8) is 0 Å². The van der Waals surface area contributed by atoms with Crippen molar-refractivity contribution in [2.75, 3.05) is 0 Å². The van der Waals surface area contributed by atoms with E-state index in [1.165, 1.54) is 0 Å². The first-order valence-electron chi connectivity index (χ1n) is 1.71. The molecular formula is C2H6O4P2. The largest absolute Gasteiger partial charge is 0.343 e. The van der Waals surface area contributed by atoms with Crippen LogP contribution in [0.2, 0.25) is 0 Å². The summed E-state index contributed by atoms with van der Waals surface area (Å²) in [5.74, 6) is 0. The summed E-state index contributed by atoms with van der Waals surface area (Å²) >= 11 is 0. The summed E-state index contributed by atoms with van der Waals surface area (Å²) in [6, 6.07) is 0. The molecular weight excluding hydrogens is 150 g/mol. The number of rotatable bonds is 2. The van der Waals surface area contributed by atoms with Gasteiger partial charge in [-0.15, -0.1) is 0 Å². The molecule has 0 spiro atoms. The van der Waals surface area contributed by atoms with E-state index in [2.05, 4.69) is 6.58 Å². The predicted molar refractivity (Wildman–Crippen MR) is 31.6 cm³/mol. The third-order valence-corrected chi connectivity index (χ3v) is 2.83. The van der Waals surface area contributed by atoms with E-state index in [9.17, 15) is 9.13 Å². The maximum atomic E-state index is 9.89. The molecule has 0 aromatic heterocycles. The molecule has 48 valence electrons. The molecule has 4 nitrogen and oxygen atoms in total. The van der Waals surface area contributed by atoms with Crippen LogP contribution in [0.25, 0.3) is 0 Å². The highest BCUT2D eigenvalue weighted by Crippen LogP contribution is 2.41. The van der Waals surface area contributed by atoms with Gasteiger partial charge in [0.15, 0.2) is 0 Å². The third-order valence-electron chi connectivity index (χ3n) is 0.516. The summed E-state index contributed by atoms with van der Waals surface area (Å²) in [5.41, 5.74) is 0. The summed E-state index contributed by atoms with van der Waals surface area (Å²) < 4.78 is 19.8. The van der Waals surface area contributed by atoms with Crippen molar-refractivity contribution >= 4 is 16.1 Å². The van der Waals surface area contributed by atoms with Crippen molar-refractivity contribution < 1.29 is 18.9 Å². The first-order valence-corrected chi connectivity index (χ1v) is 4.42. The van der Waals surface area contributed by atoms with Crippen LogP contribution in [-0.4, -0.2) is 9.79 Å². The van der Waals surface area contributed by atoms with Crippen molar-refractivity contribution in [2.24, 2.45) is 0 Å². The average molecular weight is 156 g/mol. The van der Waals surface area contributed by atoms with Crippen LogP contribution < -0.4 is 0 Å². The Bertz CT molecular complexity index is 134. The highest BCUT2D eigenvalue weighted by molar-refractivity contribution is 7.64. The van der Waals surface area contributed by atoms with E-state index in [-0.39, 0.29) is 0 Å². The van der Waals surface area contributed by atoms with E-state index in [0.717, 1.165) is 0 Å². The second-order valence-electron chi connectivity index (χ2n) is 1.09. The van der Waals surface area contributed by atoms with Crippen LogP contribution in [0.3, 0.4) is 0 Å². The van der Waals surface area contributed by atoms with Gasteiger partial charge in [-0.05, 0) is 0 Å². The van der Waals surface area contributed by atoms with Crippen molar-refractivity contribution in [3.8, 4) is 0 Å². The Balaban J connectivity index is 4.05. The lowest BCUT2D eigenvalue weighted by Crippen LogP contribution is -1.60. The van der Waals surface area contributed by atoms with Gasteiger partial charge >= 0.3 is 0 Å². The van der Waals surface area contributed by atoms with Gasteiger partial charge in [0, 0.05) is 0 Å². The zero-order valence-corrected chi connectivity index (χ0v) is 5.92. The molecule has 2 N–H and O–H groups in total. The molecule has 0 saturated carbocycles. The molecule has 0 amide bonds. The normalized spacial score (nSPS) is 17.2. The Morgan fingerprint density at radius 2 is 1.50 bits per heavy atom. The topological polar surface area (TPSA) is 74.6 Å². The fourth-order valence-electron chi connectivity index (χ4n) is 0.0915. The molecule has 0 rings (SSSR count). The first kappa shape index (κ1) is 8.12. The van der Waals surface area contributed by atoms with E-state index in [1.54, 1.807) is 0 Å². The quantitative estimate of drug-likeness (QED) is 0.567. The monoisotopic (exact) mass is 156 g/mol. The Morgan fingerprint density at radius 3 is 1.50 bits per heavy atom. The number of hydrogen-bond donors (Lipinski definition) is 2. The SMILES string of the molecule is C=C([PH](=O)O)[PH](=O)O. The maximum Gasteiger partial charge on any atom is 0.222 e. The third kappa shape index (κ3) is 2.43. The second kappa shape index (κ2) is 3.21. The van der Waals surface area contributed by atoms with Crippen LogP contribution in [0.15, 0.2) is 11.6 Å². The molecule has 0 aliphatic carbocycles. The van der Waals surface area contributed by atoms with Gasteiger partial charge in [-0.3, -0.25) is 9.13 Å². The highest BCUT2D eigenvalue weighted by Gasteiger charge is 2.03. The standard InChI is InChI=1S/C2H6O4P2/c1-2(7(3)4)8(5)6/h7-8H,1H2,(H,3,4)(H,5,6). The zero-order chi connectivity index (χ0) is 6.73. The van der Waals surface area contributed by atoms with Crippen molar-refractivity contribution in [1.29, 1.82) is 0 Å². The van der Waals surface area contributed by atoms with Crippen LogP contribution >= 0.6 is 16.1 Å². The average Bonchev–Trinajstić information content (AvgIpc) is 1.64. The molecule has 2 atom stereocenters. The van der Waals surface area contributed by atoms with E-state index in [0.29, 0.717) is 0 Å². The molecule has 0 aromatic carbocycles. The molecule has 2 unspecified atom stereocenters. The maximum absolute atomic E-state index is 9.89. The Kier molecular flexibility index (Phi) is 3.25. The Hall–Kier alpha value is 0.120. The molecule has 0 aliphatic heterocycles. The van der Waals surface area contributed by atoms with E-state index in [4.69, 9.17) is 9.79 Å². The van der Waals surface area contributed by atoms with Gasteiger partial charge in [-0.1, -0.05) is 6.58 Å². The summed E-state index contributed by atoms with van der Waals surface area (Å²) in [6.45, 7) is 2.92. The molecule has 0 saturated heterocycles. The minimum Gasteiger partial charge on any atom is -0.343 e. The van der Waals surface area contributed by atoms with E-state index < -0.39 is 21.1 Å². The molecule has 0 radical (unpaired) electrons. The van der Waals surface area contributed by atoms with Gasteiger partial charge in [0.2, 0.25) is 16.1 Å². The van der Waals surface area contributed by atoms with Gasteiger partial charge in [-0.2, -0.15) is 0 Å². The smallest absolute Gasteiger partial charge is 0.222 e. The van der Waals surface area contributed by atoms with Crippen molar-refractivity contribution in [3.05, 3.63) is 11.6 Å². The zero-order valence-electron chi connectivity index (χ0n) is 3.92. The predicted octanol–water partition coefficient (Wildman–Crippen LogP) is 0.392. The van der Waals surface area contributed by atoms with Crippen molar-refractivity contribution in [2.45, 2.75) is 0 Å². The van der Waals surface area contributed by atoms with Gasteiger partial charge in [0.1, 0.15) is 0 Å². The fraction of sp³-hybridized carbons (Fsp3) is 0. The van der Waals surface area contributed by atoms with Crippen LogP contribution in [0.1, 0.15) is 0 Å². The molecule has 8 heavy (non-hydrogen) atoms. The lowest BCUT2D eigenvalue weighted by atomic mass is 11.3. The minimum absolute atomic E-state index is 0.444. The summed E-state index contributed by atoms with van der Waals surface area (Å²) in [7, 11) is -5.95. The molecule has 0 heterocycles. The molecule has 0 aromatic rings. The summed E-state index contributed by atoms with van der Waals surface area (Å²) in [4.78, 5) is 16.2. The summed E-state index contributed by atoms with van der Waals surface area (Å²) in [5, 5.41) is -0.444. The number of hydrogen-bond acceptors (Lipinski definition) is 2. The Morgan fingerprint density at radius 1 is 1.25 bits per heavy atom. The lowest BCUT2D eigenvalue weighted by Gasteiger charge is -1.90. The van der Waals surface area contributed by atoms with Crippen LogP contribution in [0.4, 0.5) is 0 Å². The van der Waals surface area contributed by atoms with Gasteiger partial charge < -0.3 is 9.79 Å². The van der Waals surface area contributed by atoms with Crippen LogP contribution in [-0.2, 0) is 9.13 Å². The van der Waals surface area contributed by atoms with E-state index >= 15 is 0 Å². The van der Waals surface area contributed by atoms with Gasteiger partial charge in [0.05, 0.1) is 5.06 Å². The molecule has 0 aliphatic rings. The van der Waals surface area contributed by atoms with Crippen LogP contribution in [0, 0.1) is 0 Å². The van der Waals surface area contributed by atoms with Gasteiger partial charge in [-0.25, -0.2) is 0 Å². The first-order chi connectivity index (χ1) is 3.55. The van der Waals surface area contributed by atoms with Gasteiger partial charge in [0.25, 0.3) is 0 Å². The van der Waals surface area contributed by atoms with Crippen molar-refractivity contribution in [1.82, 2.24) is 0 Å². The highest BCUT2D eigenvalue weighted by atomic mass is 31.2. The fourth-order valence-corrected chi connectivity index (χ4v) is 0.823. The van der Waals surface area contributed by atoms with E-state index in [1.807, 2.05) is 0 Å². The second-order valence-corrected chi connectivity index (χ2v) is 4.02. The molecule has 0 bridgehead atoms. The molecule has 0 fully saturated rings. The van der Waals surface area contributed by atoms with Crippen LogP contribution in [0.5, 0.6) is 0 Å². The minimum atomic E-state index is -2.97. The molecule has 6 heteroatoms. The summed E-state index contributed by atoms with van der Waals surface area (Å²) in [6.07, 6.45) is 0.